The van der Waals surface area contributed by atoms with Gasteiger partial charge in [0, 0.05) is 9.50 Å². The van der Waals surface area contributed by atoms with Crippen LogP contribution >= 0.6 is 27.5 Å². The van der Waals surface area contributed by atoms with Crippen molar-refractivity contribution in [2.45, 2.75) is 13.5 Å². The molecule has 2 aromatic rings. The minimum absolute atomic E-state index is 0.0484. The lowest BCUT2D eigenvalue weighted by molar-refractivity contribution is -0.119. The molecule has 1 amide bonds. The van der Waals surface area contributed by atoms with Gasteiger partial charge in [-0.2, -0.15) is 0 Å². The van der Waals surface area contributed by atoms with E-state index in [1.54, 1.807) is 16.9 Å². The minimum Gasteiger partial charge on any atom is -0.349 e. The normalized spacial score (nSPS) is 10.6. The van der Waals surface area contributed by atoms with E-state index in [2.05, 4.69) is 31.6 Å². The number of benzene rings is 1. The molecule has 1 heterocycles. The zero-order chi connectivity index (χ0) is 14.7. The molecule has 0 bridgehead atoms. The fraction of sp³-hybridized carbons (Fsp3) is 0.250. The highest BCUT2D eigenvalue weighted by atomic mass is 79.9. The molecule has 0 aliphatic rings. The Morgan fingerprint density at radius 1 is 1.55 bits per heavy atom. The largest absolute Gasteiger partial charge is 0.349 e. The molecule has 8 heteroatoms. The number of amides is 1. The quantitative estimate of drug-likeness (QED) is 0.868. The van der Waals surface area contributed by atoms with E-state index in [4.69, 9.17) is 17.3 Å². The zero-order valence-electron chi connectivity index (χ0n) is 10.7. The lowest BCUT2D eigenvalue weighted by atomic mass is 10.2. The summed E-state index contributed by atoms with van der Waals surface area (Å²) in [5, 5.41) is 11.3. The fourth-order valence-corrected chi connectivity index (χ4v) is 2.37. The Labute approximate surface area is 129 Å². The Balaban J connectivity index is 2.20. The maximum absolute atomic E-state index is 11.1. The van der Waals surface area contributed by atoms with Crippen molar-refractivity contribution in [2.75, 3.05) is 6.54 Å². The van der Waals surface area contributed by atoms with Gasteiger partial charge < -0.3 is 11.1 Å². The highest BCUT2D eigenvalue weighted by Crippen LogP contribution is 2.27. The number of hydrogen-bond donors (Lipinski definition) is 2. The van der Waals surface area contributed by atoms with Gasteiger partial charge in [0.1, 0.15) is 5.69 Å². The number of carbonyl (C=O) groups is 1. The number of aryl methyl sites for hydroxylation is 1. The average Bonchev–Trinajstić information content (AvgIpc) is 2.88. The Morgan fingerprint density at radius 2 is 2.30 bits per heavy atom. The third-order valence-corrected chi connectivity index (χ3v) is 3.71. The molecule has 20 heavy (non-hydrogen) atoms. The van der Waals surface area contributed by atoms with Gasteiger partial charge in [-0.1, -0.05) is 16.8 Å². The monoisotopic (exact) mass is 357 g/mol. The number of aromatic nitrogens is 3. The third kappa shape index (κ3) is 3.36. The fourth-order valence-electron chi connectivity index (χ4n) is 1.57. The summed E-state index contributed by atoms with van der Waals surface area (Å²) in [5.74, 6) is -0.237. The molecule has 0 aliphatic heterocycles. The van der Waals surface area contributed by atoms with Gasteiger partial charge in [-0.3, -0.25) is 4.79 Å². The summed E-state index contributed by atoms with van der Waals surface area (Å²) in [7, 11) is 0. The second-order valence-electron chi connectivity index (χ2n) is 4.19. The molecular weight excluding hydrogens is 346 g/mol. The Morgan fingerprint density at radius 3 is 3.00 bits per heavy atom. The van der Waals surface area contributed by atoms with E-state index < -0.39 is 0 Å². The van der Waals surface area contributed by atoms with Crippen LogP contribution in [0.1, 0.15) is 11.3 Å². The molecule has 3 N–H and O–H groups in total. The molecule has 0 fully saturated rings. The summed E-state index contributed by atoms with van der Waals surface area (Å²) in [6.45, 7) is 2.16. The minimum atomic E-state index is -0.237. The van der Waals surface area contributed by atoms with E-state index in [9.17, 15) is 4.79 Å². The number of hydrogen-bond acceptors (Lipinski definition) is 4. The van der Waals surface area contributed by atoms with Crippen LogP contribution in [0.5, 0.6) is 0 Å². The lowest BCUT2D eigenvalue weighted by Crippen LogP contribution is -2.29. The number of halogens is 2. The first kappa shape index (κ1) is 15.0. The van der Waals surface area contributed by atoms with Crippen molar-refractivity contribution in [3.05, 3.63) is 39.1 Å². The van der Waals surface area contributed by atoms with E-state index in [0.717, 1.165) is 15.7 Å². The zero-order valence-corrected chi connectivity index (χ0v) is 13.1. The predicted octanol–water partition coefficient (Wildman–Crippen LogP) is 1.57. The van der Waals surface area contributed by atoms with Crippen LogP contribution in [0.4, 0.5) is 0 Å². The van der Waals surface area contributed by atoms with Gasteiger partial charge in [-0.15, -0.1) is 5.10 Å². The van der Waals surface area contributed by atoms with Crippen molar-refractivity contribution < 1.29 is 4.79 Å². The van der Waals surface area contributed by atoms with E-state index in [-0.39, 0.29) is 19.0 Å². The van der Waals surface area contributed by atoms with Crippen molar-refractivity contribution in [1.29, 1.82) is 0 Å². The number of carbonyl (C=O) groups excluding carboxylic acids is 1. The molecule has 0 aliphatic carbocycles. The van der Waals surface area contributed by atoms with E-state index in [1.807, 2.05) is 13.0 Å². The average molecular weight is 359 g/mol. The van der Waals surface area contributed by atoms with Crippen molar-refractivity contribution in [3.8, 4) is 5.69 Å². The van der Waals surface area contributed by atoms with Crippen LogP contribution in [0, 0.1) is 6.92 Å². The molecule has 6 nitrogen and oxygen atoms in total. The molecule has 0 unspecified atom stereocenters. The molecule has 0 saturated carbocycles. The van der Waals surface area contributed by atoms with Gasteiger partial charge in [-0.25, -0.2) is 4.68 Å². The van der Waals surface area contributed by atoms with Crippen LogP contribution in [0.2, 0.25) is 5.02 Å². The molecule has 1 aromatic heterocycles. The second kappa shape index (κ2) is 6.34. The first-order valence-electron chi connectivity index (χ1n) is 5.85. The highest BCUT2D eigenvalue weighted by molar-refractivity contribution is 9.10. The molecule has 2 rings (SSSR count). The predicted molar refractivity (Wildman–Crippen MR) is 79.7 cm³/mol. The van der Waals surface area contributed by atoms with E-state index in [0.29, 0.717) is 10.7 Å². The molecule has 0 atom stereocenters. The lowest BCUT2D eigenvalue weighted by Gasteiger charge is -2.06. The molecular formula is C12H13BrClN5O. The van der Waals surface area contributed by atoms with Crippen LogP contribution in [0.25, 0.3) is 5.69 Å². The third-order valence-electron chi connectivity index (χ3n) is 2.67. The van der Waals surface area contributed by atoms with Gasteiger partial charge >= 0.3 is 0 Å². The van der Waals surface area contributed by atoms with Gasteiger partial charge in [-0.05, 0) is 40.5 Å². The van der Waals surface area contributed by atoms with Crippen LogP contribution in [-0.4, -0.2) is 27.4 Å². The maximum Gasteiger partial charge on any atom is 0.234 e. The van der Waals surface area contributed by atoms with Crippen molar-refractivity contribution >= 4 is 33.4 Å². The van der Waals surface area contributed by atoms with Gasteiger partial charge in [0.05, 0.1) is 25.0 Å². The van der Waals surface area contributed by atoms with Crippen molar-refractivity contribution in [2.24, 2.45) is 5.73 Å². The Hall–Kier alpha value is -1.44. The second-order valence-corrected chi connectivity index (χ2v) is 5.45. The molecule has 106 valence electrons. The molecule has 0 spiro atoms. The van der Waals surface area contributed by atoms with Crippen molar-refractivity contribution in [1.82, 2.24) is 20.3 Å². The van der Waals surface area contributed by atoms with Crippen LogP contribution < -0.4 is 11.1 Å². The van der Waals surface area contributed by atoms with Crippen LogP contribution in [0.3, 0.4) is 0 Å². The summed E-state index contributed by atoms with van der Waals surface area (Å²) in [4.78, 5) is 11.1. The SMILES string of the molecule is Cc1cc(Br)c(-n2cc(CNC(=O)CN)nn2)cc1Cl. The summed E-state index contributed by atoms with van der Waals surface area (Å²) in [5.41, 5.74) is 7.60. The number of rotatable bonds is 4. The molecule has 0 radical (unpaired) electrons. The summed E-state index contributed by atoms with van der Waals surface area (Å²) in [6, 6.07) is 3.72. The standard InChI is InChI=1S/C12H13BrClN5O/c1-7-2-9(13)11(3-10(7)14)19-6-8(17-18-19)5-16-12(20)4-15/h2-3,6H,4-5,15H2,1H3,(H,16,20). The summed E-state index contributed by atoms with van der Waals surface area (Å²) in [6.07, 6.45) is 1.72. The first-order valence-corrected chi connectivity index (χ1v) is 7.02. The van der Waals surface area contributed by atoms with E-state index in [1.165, 1.54) is 0 Å². The number of nitrogens with two attached hydrogens (primary N) is 1. The Kier molecular flexibility index (Phi) is 4.74. The van der Waals surface area contributed by atoms with Crippen molar-refractivity contribution in [3.63, 3.8) is 0 Å². The van der Waals surface area contributed by atoms with Gasteiger partial charge in [0.2, 0.25) is 5.91 Å². The van der Waals surface area contributed by atoms with Gasteiger partial charge in [0.15, 0.2) is 0 Å². The van der Waals surface area contributed by atoms with Crippen LogP contribution in [-0.2, 0) is 11.3 Å². The smallest absolute Gasteiger partial charge is 0.234 e. The van der Waals surface area contributed by atoms with Gasteiger partial charge in [0.25, 0.3) is 0 Å². The maximum atomic E-state index is 11.1. The number of nitrogens with one attached hydrogen (secondary N) is 1. The molecule has 0 saturated heterocycles. The number of nitrogens with zero attached hydrogens (tertiary/aromatic N) is 3. The van der Waals surface area contributed by atoms with E-state index >= 15 is 0 Å². The van der Waals surface area contributed by atoms with Crippen LogP contribution in [0.15, 0.2) is 22.8 Å². The highest BCUT2D eigenvalue weighted by Gasteiger charge is 2.09. The Bertz CT molecular complexity index is 643. The summed E-state index contributed by atoms with van der Waals surface area (Å²) >= 11 is 9.58. The summed E-state index contributed by atoms with van der Waals surface area (Å²) < 4.78 is 2.46. The first-order chi connectivity index (χ1) is 9.51. The molecule has 1 aromatic carbocycles. The topological polar surface area (TPSA) is 85.8 Å².